The van der Waals surface area contributed by atoms with E-state index < -0.39 is 75.7 Å². The lowest BCUT2D eigenvalue weighted by molar-refractivity contribution is -0.220. The maximum absolute atomic E-state index is 12.8. The van der Waals surface area contributed by atoms with Gasteiger partial charge in [0.15, 0.2) is 6.10 Å². The Morgan fingerprint density at radius 3 is 1.35 bits per heavy atom. The lowest BCUT2D eigenvalue weighted by Gasteiger charge is -2.41. The van der Waals surface area contributed by atoms with Crippen molar-refractivity contribution >= 4 is 19.8 Å². The molecule has 1 aliphatic carbocycles. The summed E-state index contributed by atoms with van der Waals surface area (Å²) in [5.74, 6) is -1.17. The Balaban J connectivity index is 2.46. The highest BCUT2D eigenvalue weighted by atomic mass is 31.2. The fourth-order valence-electron chi connectivity index (χ4n) is 7.27. The minimum Gasteiger partial charge on any atom is -0.462 e. The molecule has 1 saturated carbocycles. The third-order valence-electron chi connectivity index (χ3n) is 11.3. The molecule has 8 atom stereocenters. The topological polar surface area (TPSA) is 210 Å². The first-order chi connectivity index (χ1) is 31.4. The van der Waals surface area contributed by atoms with E-state index in [0.717, 1.165) is 57.8 Å². The van der Waals surface area contributed by atoms with Crippen LogP contribution >= 0.6 is 7.82 Å². The van der Waals surface area contributed by atoms with Gasteiger partial charge in [-0.25, -0.2) is 4.57 Å². The number of aliphatic hydroxyl groups is 5. The minimum atomic E-state index is -5.14. The molecule has 0 aliphatic heterocycles. The maximum atomic E-state index is 12.8. The van der Waals surface area contributed by atoms with E-state index in [1.165, 1.54) is 89.9 Å². The highest BCUT2D eigenvalue weighted by Crippen LogP contribution is 2.47. The molecule has 0 radical (unpaired) electrons. The van der Waals surface area contributed by atoms with E-state index in [2.05, 4.69) is 62.5 Å². The number of carbonyl (C=O) groups excluding carboxylic acids is 2. The molecule has 376 valence electrons. The SMILES string of the molecule is CCCCC/C=C/C/C=C/C/C=C/C/C=C/CCCC(=O)OC[C@H](COP(=O)(O)OC1C(O)C(O)C(O)[C@@H](O)C1O)OC(=O)CCCCCCCCCCC/C=C/CCCCCCCC. The number of hydrogen-bond donors (Lipinski definition) is 6. The van der Waals surface area contributed by atoms with E-state index >= 15 is 0 Å². The summed E-state index contributed by atoms with van der Waals surface area (Å²) in [5, 5.41) is 50.2. The number of carbonyl (C=O) groups is 2. The highest BCUT2D eigenvalue weighted by molar-refractivity contribution is 7.47. The molecule has 0 aromatic carbocycles. The van der Waals surface area contributed by atoms with Crippen molar-refractivity contribution in [3.05, 3.63) is 60.8 Å². The summed E-state index contributed by atoms with van der Waals surface area (Å²) in [4.78, 5) is 35.8. The standard InChI is InChI=1S/C51H89O13P/c1-3-5-7-9-11-13-15-17-19-21-22-24-26-28-30-32-34-36-38-40-45(53)63-43(42-62-65(59,60)64-51-49(57)47(55)46(54)48(56)50(51)58)41-61-44(52)39-37-35-33-31-29-27-25-23-20-18-16-14-12-10-8-6-4-2/h12,14,17-20,25,27,31,33,43,46-51,54-58H,3-11,13,15-16,21-24,26,28-30,32,34-42H2,1-2H3,(H,59,60)/b14-12+,19-17+,20-18+,27-25+,33-31+/t43-,46?,47-,48?,49?,50?,51?/m1/s1. The summed E-state index contributed by atoms with van der Waals surface area (Å²) in [7, 11) is -5.14. The number of esters is 2. The molecule has 0 heterocycles. The van der Waals surface area contributed by atoms with Gasteiger partial charge >= 0.3 is 19.8 Å². The largest absolute Gasteiger partial charge is 0.472 e. The van der Waals surface area contributed by atoms with Crippen LogP contribution in [0.2, 0.25) is 0 Å². The molecule has 65 heavy (non-hydrogen) atoms. The van der Waals surface area contributed by atoms with E-state index in [1.54, 1.807) is 0 Å². The second kappa shape index (κ2) is 40.6. The van der Waals surface area contributed by atoms with Crippen LogP contribution in [0.4, 0.5) is 0 Å². The van der Waals surface area contributed by atoms with E-state index in [0.29, 0.717) is 19.3 Å². The van der Waals surface area contributed by atoms with E-state index in [4.69, 9.17) is 18.5 Å². The molecule has 6 unspecified atom stereocenters. The summed E-state index contributed by atoms with van der Waals surface area (Å²) in [6, 6.07) is 0. The van der Waals surface area contributed by atoms with Crippen LogP contribution in [0.15, 0.2) is 60.8 Å². The van der Waals surface area contributed by atoms with Gasteiger partial charge in [0.25, 0.3) is 0 Å². The van der Waals surface area contributed by atoms with Crippen LogP contribution in [0, 0.1) is 0 Å². The van der Waals surface area contributed by atoms with E-state index in [-0.39, 0.29) is 12.8 Å². The van der Waals surface area contributed by atoms with Crippen LogP contribution in [0.5, 0.6) is 0 Å². The number of hydrogen-bond acceptors (Lipinski definition) is 12. The zero-order valence-corrected chi connectivity index (χ0v) is 40.9. The average molecular weight is 941 g/mol. The number of unbranched alkanes of at least 4 members (excludes halogenated alkanes) is 19. The summed E-state index contributed by atoms with van der Waals surface area (Å²) in [6.07, 6.45) is 37.0. The molecule has 0 saturated heterocycles. The molecule has 0 bridgehead atoms. The van der Waals surface area contributed by atoms with Gasteiger partial charge in [-0.3, -0.25) is 18.6 Å². The van der Waals surface area contributed by atoms with Crippen molar-refractivity contribution in [2.24, 2.45) is 0 Å². The molecule has 0 amide bonds. The third kappa shape index (κ3) is 32.8. The summed E-state index contributed by atoms with van der Waals surface area (Å²) in [6.45, 7) is 3.23. The molecular weight excluding hydrogens is 852 g/mol. The first kappa shape index (κ1) is 60.6. The van der Waals surface area contributed by atoms with Crippen molar-refractivity contribution in [2.45, 2.75) is 236 Å². The Bertz CT molecular complexity index is 1370. The molecule has 1 rings (SSSR count). The molecular formula is C51H89O13P. The van der Waals surface area contributed by atoms with Crippen LogP contribution in [0.1, 0.15) is 194 Å². The predicted octanol–water partition coefficient (Wildman–Crippen LogP) is 10.5. The zero-order chi connectivity index (χ0) is 47.8. The van der Waals surface area contributed by atoms with E-state index in [1.807, 2.05) is 12.2 Å². The van der Waals surface area contributed by atoms with Gasteiger partial charge in [-0.1, -0.05) is 164 Å². The van der Waals surface area contributed by atoms with Gasteiger partial charge in [0.2, 0.25) is 0 Å². The Labute approximate surface area is 392 Å². The molecule has 6 N–H and O–H groups in total. The van der Waals surface area contributed by atoms with E-state index in [9.17, 15) is 44.6 Å². The van der Waals surface area contributed by atoms with Gasteiger partial charge in [-0.2, -0.15) is 0 Å². The van der Waals surface area contributed by atoms with Crippen LogP contribution in [-0.2, 0) is 32.7 Å². The van der Waals surface area contributed by atoms with Gasteiger partial charge in [0.05, 0.1) is 6.61 Å². The van der Waals surface area contributed by atoms with Gasteiger partial charge in [0, 0.05) is 12.8 Å². The van der Waals surface area contributed by atoms with Crippen molar-refractivity contribution in [1.82, 2.24) is 0 Å². The summed E-state index contributed by atoms with van der Waals surface area (Å²) < 4.78 is 33.5. The van der Waals surface area contributed by atoms with Gasteiger partial charge in [-0.05, 0) is 77.0 Å². The van der Waals surface area contributed by atoms with Gasteiger partial charge in [-0.15, -0.1) is 0 Å². The second-order valence-electron chi connectivity index (χ2n) is 17.3. The molecule has 0 aromatic heterocycles. The summed E-state index contributed by atoms with van der Waals surface area (Å²) >= 11 is 0. The number of rotatable bonds is 41. The van der Waals surface area contributed by atoms with Gasteiger partial charge < -0.3 is 39.9 Å². The average Bonchev–Trinajstić information content (AvgIpc) is 3.29. The fraction of sp³-hybridized carbons (Fsp3) is 0.765. The summed E-state index contributed by atoms with van der Waals surface area (Å²) in [5.41, 5.74) is 0. The van der Waals surface area contributed by atoms with Crippen LogP contribution < -0.4 is 0 Å². The first-order valence-corrected chi connectivity index (χ1v) is 26.6. The molecule has 1 aliphatic rings. The van der Waals surface area contributed by atoms with Crippen molar-refractivity contribution < 1.29 is 63.1 Å². The Hall–Kier alpha value is -2.45. The minimum absolute atomic E-state index is 0.0811. The maximum Gasteiger partial charge on any atom is 0.472 e. The number of phosphoric acid groups is 1. The van der Waals surface area contributed by atoms with Crippen LogP contribution in [0.25, 0.3) is 0 Å². The number of phosphoric ester groups is 1. The van der Waals surface area contributed by atoms with Crippen molar-refractivity contribution in [3.8, 4) is 0 Å². The lowest BCUT2D eigenvalue weighted by atomic mass is 9.85. The number of ether oxygens (including phenoxy) is 2. The number of allylic oxidation sites excluding steroid dienone is 10. The Morgan fingerprint density at radius 2 is 0.846 bits per heavy atom. The number of aliphatic hydroxyl groups excluding tert-OH is 5. The van der Waals surface area contributed by atoms with Crippen molar-refractivity contribution in [3.63, 3.8) is 0 Å². The third-order valence-corrected chi connectivity index (χ3v) is 12.3. The first-order valence-electron chi connectivity index (χ1n) is 25.1. The van der Waals surface area contributed by atoms with Crippen molar-refractivity contribution in [2.75, 3.05) is 13.2 Å². The quantitative estimate of drug-likeness (QED) is 0.0146. The molecule has 14 heteroatoms. The molecule has 0 spiro atoms. The Kier molecular flexibility index (Phi) is 37.8. The highest BCUT2D eigenvalue weighted by Gasteiger charge is 2.51. The molecule has 0 aromatic rings. The van der Waals surface area contributed by atoms with Crippen LogP contribution in [0.3, 0.4) is 0 Å². The second-order valence-corrected chi connectivity index (χ2v) is 18.7. The molecule has 13 nitrogen and oxygen atoms in total. The zero-order valence-electron chi connectivity index (χ0n) is 40.0. The van der Waals surface area contributed by atoms with Gasteiger partial charge in [0.1, 0.15) is 43.2 Å². The smallest absolute Gasteiger partial charge is 0.462 e. The fourth-order valence-corrected chi connectivity index (χ4v) is 8.25. The predicted molar refractivity (Wildman–Crippen MR) is 258 cm³/mol. The monoisotopic (exact) mass is 941 g/mol. The molecule has 1 fully saturated rings. The lowest BCUT2D eigenvalue weighted by Crippen LogP contribution is -2.64. The van der Waals surface area contributed by atoms with Crippen LogP contribution in [-0.4, -0.2) is 98.3 Å². The Morgan fingerprint density at radius 1 is 0.477 bits per heavy atom. The normalized spacial score (nSPS) is 21.9. The van der Waals surface area contributed by atoms with Crippen molar-refractivity contribution in [1.29, 1.82) is 0 Å².